The van der Waals surface area contributed by atoms with Gasteiger partial charge in [-0.25, -0.2) is 0 Å². The molecule has 0 radical (unpaired) electrons. The monoisotopic (exact) mass is 394 g/mol. The van der Waals surface area contributed by atoms with E-state index in [1.54, 1.807) is 0 Å². The number of aryl methyl sites for hydroxylation is 2. The number of para-hydroxylation sites is 1. The third-order valence-corrected chi connectivity index (χ3v) is 5.46. The summed E-state index contributed by atoms with van der Waals surface area (Å²) < 4.78 is 0. The first-order valence-electron chi connectivity index (χ1n) is 10.0. The number of rotatable bonds is 5. The van der Waals surface area contributed by atoms with Crippen LogP contribution in [0.2, 0.25) is 0 Å². The molecule has 1 heterocycles. The largest absolute Gasteiger partial charge is 0.369 e. The molecule has 0 saturated carbocycles. The van der Waals surface area contributed by atoms with Crippen LogP contribution in [0.3, 0.4) is 0 Å². The van der Waals surface area contributed by atoms with E-state index in [0.29, 0.717) is 0 Å². The highest BCUT2D eigenvalue weighted by atomic mass is 16.2. The quantitative estimate of drug-likeness (QED) is 0.847. The lowest BCUT2D eigenvalue weighted by molar-refractivity contribution is -0.120. The van der Waals surface area contributed by atoms with Gasteiger partial charge in [0.1, 0.15) is 6.54 Å². The predicted octanol–water partition coefficient (Wildman–Crippen LogP) is 3.05. The van der Waals surface area contributed by atoms with Crippen molar-refractivity contribution in [3.05, 3.63) is 53.6 Å². The number of carbonyl (C=O) groups excluding carboxylic acids is 2. The van der Waals surface area contributed by atoms with Gasteiger partial charge < -0.3 is 20.0 Å². The Morgan fingerprint density at radius 2 is 1.55 bits per heavy atom. The number of carbonyl (C=O) groups is 2. The normalized spacial score (nSPS) is 14.6. The minimum atomic E-state index is -0.208. The van der Waals surface area contributed by atoms with E-state index < -0.39 is 0 Å². The number of piperazine rings is 1. The predicted molar refractivity (Wildman–Crippen MR) is 119 cm³/mol. The Morgan fingerprint density at radius 1 is 0.966 bits per heavy atom. The fourth-order valence-electron chi connectivity index (χ4n) is 3.63. The van der Waals surface area contributed by atoms with Crippen molar-refractivity contribution in [2.75, 3.05) is 54.9 Å². The second-order valence-electron chi connectivity index (χ2n) is 7.73. The Balaban J connectivity index is 1.69. The molecule has 6 heteroatoms. The van der Waals surface area contributed by atoms with E-state index in [9.17, 15) is 9.59 Å². The summed E-state index contributed by atoms with van der Waals surface area (Å²) in [5.74, 6) is -0.366. The summed E-state index contributed by atoms with van der Waals surface area (Å²) in [6, 6.07) is 13.8. The maximum Gasteiger partial charge on any atom is 0.244 e. The number of hydrogen-bond donors (Lipinski definition) is 1. The molecule has 0 aliphatic carbocycles. The second-order valence-corrected chi connectivity index (χ2v) is 7.73. The van der Waals surface area contributed by atoms with Crippen molar-refractivity contribution in [2.45, 2.75) is 20.8 Å². The maximum absolute atomic E-state index is 12.6. The van der Waals surface area contributed by atoms with Crippen LogP contribution in [0.4, 0.5) is 17.1 Å². The van der Waals surface area contributed by atoms with Gasteiger partial charge in [-0.2, -0.15) is 0 Å². The number of hydrogen-bond acceptors (Lipinski definition) is 4. The molecule has 0 bridgehead atoms. The van der Waals surface area contributed by atoms with Crippen molar-refractivity contribution >= 4 is 28.9 Å². The molecule has 0 atom stereocenters. The number of amides is 2. The number of benzene rings is 2. The summed E-state index contributed by atoms with van der Waals surface area (Å²) in [5.41, 5.74) is 4.69. The van der Waals surface area contributed by atoms with E-state index in [0.717, 1.165) is 54.4 Å². The van der Waals surface area contributed by atoms with E-state index in [1.165, 1.54) is 11.8 Å². The van der Waals surface area contributed by atoms with Gasteiger partial charge >= 0.3 is 0 Å². The Labute approximate surface area is 173 Å². The lowest BCUT2D eigenvalue weighted by atomic mass is 10.1. The van der Waals surface area contributed by atoms with Crippen LogP contribution in [0.15, 0.2) is 42.5 Å². The molecule has 0 unspecified atom stereocenters. The first kappa shape index (κ1) is 20.9. The molecular formula is C23H30N4O2. The highest BCUT2D eigenvalue weighted by molar-refractivity contribution is 6.02. The van der Waals surface area contributed by atoms with E-state index >= 15 is 0 Å². The average molecular weight is 395 g/mol. The van der Waals surface area contributed by atoms with Crippen LogP contribution in [0, 0.1) is 13.8 Å². The minimum Gasteiger partial charge on any atom is -0.369 e. The molecule has 2 aromatic rings. The molecular weight excluding hydrogens is 364 g/mol. The third kappa shape index (κ3) is 5.15. The number of nitrogens with one attached hydrogen (secondary N) is 1. The first-order chi connectivity index (χ1) is 13.8. The Hall–Kier alpha value is -2.86. The zero-order valence-electron chi connectivity index (χ0n) is 17.7. The molecule has 1 N–H and O–H groups in total. The number of nitrogens with zero attached hydrogens (tertiary/aromatic N) is 3. The van der Waals surface area contributed by atoms with Crippen molar-refractivity contribution < 1.29 is 9.59 Å². The Bertz CT molecular complexity index is 851. The van der Waals surface area contributed by atoms with Gasteiger partial charge in [-0.05, 0) is 56.3 Å². The van der Waals surface area contributed by atoms with Gasteiger partial charge in [0, 0.05) is 50.2 Å². The average Bonchev–Trinajstić information content (AvgIpc) is 2.70. The van der Waals surface area contributed by atoms with Gasteiger partial charge in [-0.1, -0.05) is 18.2 Å². The zero-order chi connectivity index (χ0) is 21.0. The molecule has 3 rings (SSSR count). The smallest absolute Gasteiger partial charge is 0.244 e. The van der Waals surface area contributed by atoms with Gasteiger partial charge in [0.2, 0.25) is 11.8 Å². The van der Waals surface area contributed by atoms with Crippen LogP contribution in [0.5, 0.6) is 0 Å². The lowest BCUT2D eigenvalue weighted by Crippen LogP contribution is -2.44. The van der Waals surface area contributed by atoms with E-state index in [-0.39, 0.29) is 18.4 Å². The van der Waals surface area contributed by atoms with E-state index in [4.69, 9.17) is 0 Å². The fourth-order valence-corrected chi connectivity index (χ4v) is 3.63. The van der Waals surface area contributed by atoms with Crippen LogP contribution in [-0.4, -0.2) is 56.5 Å². The molecule has 1 aliphatic rings. The summed E-state index contributed by atoms with van der Waals surface area (Å²) in [6.45, 7) is 9.46. The highest BCUT2D eigenvalue weighted by Gasteiger charge is 2.18. The van der Waals surface area contributed by atoms with Crippen molar-refractivity contribution in [3.63, 3.8) is 0 Å². The molecule has 1 saturated heterocycles. The van der Waals surface area contributed by atoms with Crippen LogP contribution in [-0.2, 0) is 9.59 Å². The second kappa shape index (κ2) is 9.09. The van der Waals surface area contributed by atoms with E-state index in [1.807, 2.05) is 56.3 Å². The van der Waals surface area contributed by atoms with Gasteiger partial charge in [-0.15, -0.1) is 0 Å². The maximum atomic E-state index is 12.6. The van der Waals surface area contributed by atoms with Crippen LogP contribution < -0.4 is 15.1 Å². The third-order valence-electron chi connectivity index (χ3n) is 5.46. The van der Waals surface area contributed by atoms with Crippen molar-refractivity contribution in [2.24, 2.45) is 0 Å². The first-order valence-corrected chi connectivity index (χ1v) is 10.0. The molecule has 2 amide bonds. The summed E-state index contributed by atoms with van der Waals surface area (Å²) >= 11 is 0. The Morgan fingerprint density at radius 3 is 2.10 bits per heavy atom. The fraction of sp³-hybridized carbons (Fsp3) is 0.391. The topological polar surface area (TPSA) is 55.9 Å². The van der Waals surface area contributed by atoms with Gasteiger partial charge in [0.05, 0.1) is 0 Å². The standard InChI is InChI=1S/C23H30N4O2/c1-17-6-5-7-18(2)23(17)24-22(29)16-27(19(3)28)21-10-8-20(9-11-21)26-14-12-25(4)13-15-26/h5-11H,12-16H2,1-4H3,(H,24,29). The van der Waals surface area contributed by atoms with Gasteiger partial charge in [-0.3, -0.25) is 9.59 Å². The molecule has 29 heavy (non-hydrogen) atoms. The minimum absolute atomic E-state index is 0.0169. The van der Waals surface area contributed by atoms with E-state index in [2.05, 4.69) is 22.2 Å². The van der Waals surface area contributed by atoms with Gasteiger partial charge in [0.15, 0.2) is 0 Å². The van der Waals surface area contributed by atoms with Crippen molar-refractivity contribution in [3.8, 4) is 0 Å². The lowest BCUT2D eigenvalue weighted by Gasteiger charge is -2.34. The summed E-state index contributed by atoms with van der Waals surface area (Å²) in [5, 5.41) is 2.96. The molecule has 0 spiro atoms. The molecule has 0 aromatic heterocycles. The highest BCUT2D eigenvalue weighted by Crippen LogP contribution is 2.23. The summed E-state index contributed by atoms with van der Waals surface area (Å²) in [4.78, 5) is 31.0. The number of likely N-dealkylation sites (N-methyl/N-ethyl adjacent to an activating group) is 1. The van der Waals surface area contributed by atoms with Gasteiger partial charge in [0.25, 0.3) is 0 Å². The molecule has 6 nitrogen and oxygen atoms in total. The van der Waals surface area contributed by atoms with Crippen molar-refractivity contribution in [1.29, 1.82) is 0 Å². The van der Waals surface area contributed by atoms with Crippen LogP contribution in [0.1, 0.15) is 18.1 Å². The van der Waals surface area contributed by atoms with Crippen molar-refractivity contribution in [1.82, 2.24) is 4.90 Å². The summed E-state index contributed by atoms with van der Waals surface area (Å²) in [6.07, 6.45) is 0. The Kier molecular flexibility index (Phi) is 6.54. The zero-order valence-corrected chi connectivity index (χ0v) is 17.7. The molecule has 1 fully saturated rings. The summed E-state index contributed by atoms with van der Waals surface area (Å²) in [7, 11) is 2.13. The number of anilines is 3. The molecule has 1 aliphatic heterocycles. The van der Waals surface area contributed by atoms with Crippen LogP contribution >= 0.6 is 0 Å². The van der Waals surface area contributed by atoms with Crippen LogP contribution in [0.25, 0.3) is 0 Å². The molecule has 2 aromatic carbocycles. The SMILES string of the molecule is CC(=O)N(CC(=O)Nc1c(C)cccc1C)c1ccc(N2CCN(C)CC2)cc1. The molecule has 154 valence electrons.